The Morgan fingerprint density at radius 2 is 1.68 bits per heavy atom. The minimum Gasteiger partial charge on any atom is -0.497 e. The highest BCUT2D eigenvalue weighted by Crippen LogP contribution is 2.29. The normalized spacial score (nSPS) is 11.4. The number of hydrogen-bond acceptors (Lipinski definition) is 3. The fourth-order valence-corrected chi connectivity index (χ4v) is 2.29. The van der Waals surface area contributed by atoms with Gasteiger partial charge in [0.15, 0.2) is 0 Å². The van der Waals surface area contributed by atoms with Gasteiger partial charge in [0.2, 0.25) is 5.91 Å². The summed E-state index contributed by atoms with van der Waals surface area (Å²) < 4.78 is 42.7. The Hall–Kier alpha value is -2.54. The van der Waals surface area contributed by atoms with Crippen LogP contribution < -0.4 is 10.1 Å². The maximum atomic E-state index is 12.5. The molecular weight excluding hydrogens is 333 g/mol. The van der Waals surface area contributed by atoms with Crippen LogP contribution in [0.5, 0.6) is 5.75 Å². The molecule has 0 saturated heterocycles. The zero-order chi connectivity index (χ0) is 18.4. The number of benzene rings is 2. The predicted molar refractivity (Wildman–Crippen MR) is 89.4 cm³/mol. The molecule has 0 saturated carbocycles. The third kappa shape index (κ3) is 5.79. The zero-order valence-electron chi connectivity index (χ0n) is 13.9. The van der Waals surface area contributed by atoms with Crippen molar-refractivity contribution < 1.29 is 22.7 Å². The third-order valence-corrected chi connectivity index (χ3v) is 3.52. The van der Waals surface area contributed by atoms with E-state index >= 15 is 0 Å². The van der Waals surface area contributed by atoms with Crippen molar-refractivity contribution in [3.05, 3.63) is 59.7 Å². The number of nitrogens with one attached hydrogen (secondary N) is 1. The summed E-state index contributed by atoms with van der Waals surface area (Å²) in [7, 11) is 3.29. The van der Waals surface area contributed by atoms with Crippen LogP contribution in [0.1, 0.15) is 11.1 Å². The molecule has 1 amide bonds. The largest absolute Gasteiger partial charge is 0.497 e. The van der Waals surface area contributed by atoms with E-state index in [1.807, 2.05) is 0 Å². The number of rotatable bonds is 6. The first-order chi connectivity index (χ1) is 11.8. The van der Waals surface area contributed by atoms with Gasteiger partial charge in [0.05, 0.1) is 19.2 Å². The number of halogens is 3. The van der Waals surface area contributed by atoms with Crippen LogP contribution in [-0.4, -0.2) is 31.5 Å². The number of alkyl halides is 3. The van der Waals surface area contributed by atoms with Gasteiger partial charge in [-0.1, -0.05) is 12.1 Å². The minimum atomic E-state index is -4.34. The molecule has 0 aliphatic rings. The number of hydrogen-bond donors (Lipinski definition) is 1. The van der Waals surface area contributed by atoms with Gasteiger partial charge in [-0.15, -0.1) is 0 Å². The molecule has 2 aromatic rings. The van der Waals surface area contributed by atoms with Crippen molar-refractivity contribution in [2.75, 3.05) is 26.0 Å². The van der Waals surface area contributed by atoms with Crippen molar-refractivity contribution in [1.29, 1.82) is 0 Å². The van der Waals surface area contributed by atoms with Gasteiger partial charge in [-0.3, -0.25) is 9.69 Å². The molecule has 2 aromatic carbocycles. The average Bonchev–Trinajstić information content (AvgIpc) is 2.55. The lowest BCUT2D eigenvalue weighted by atomic mass is 10.1. The SMILES string of the molecule is COc1ccc(NC(=O)CN(C)Cc2ccc(C(F)(F)F)cc2)cc1. The molecule has 7 heteroatoms. The van der Waals surface area contributed by atoms with E-state index in [2.05, 4.69) is 5.32 Å². The van der Waals surface area contributed by atoms with Crippen LogP contribution in [-0.2, 0) is 17.5 Å². The van der Waals surface area contributed by atoms with Crippen LogP contribution in [0.2, 0.25) is 0 Å². The van der Waals surface area contributed by atoms with Crippen LogP contribution in [0.15, 0.2) is 48.5 Å². The number of amides is 1. The second kappa shape index (κ2) is 8.02. The van der Waals surface area contributed by atoms with Gasteiger partial charge in [-0.25, -0.2) is 0 Å². The number of anilines is 1. The fourth-order valence-electron chi connectivity index (χ4n) is 2.29. The second-order valence-electron chi connectivity index (χ2n) is 5.64. The first-order valence-electron chi connectivity index (χ1n) is 7.56. The molecule has 0 bridgehead atoms. The first-order valence-corrected chi connectivity index (χ1v) is 7.56. The molecule has 134 valence electrons. The van der Waals surface area contributed by atoms with E-state index < -0.39 is 11.7 Å². The summed E-state index contributed by atoms with van der Waals surface area (Å²) in [5.74, 6) is 0.483. The van der Waals surface area contributed by atoms with Crippen LogP contribution in [0, 0.1) is 0 Å². The Kier molecular flexibility index (Phi) is 6.03. The molecule has 0 radical (unpaired) electrons. The van der Waals surface area contributed by atoms with Crippen molar-refractivity contribution >= 4 is 11.6 Å². The topological polar surface area (TPSA) is 41.6 Å². The van der Waals surface area contributed by atoms with Crippen LogP contribution in [0.4, 0.5) is 18.9 Å². The highest BCUT2D eigenvalue weighted by atomic mass is 19.4. The summed E-state index contributed by atoms with van der Waals surface area (Å²) >= 11 is 0. The molecule has 0 spiro atoms. The van der Waals surface area contributed by atoms with Gasteiger partial charge in [-0.2, -0.15) is 13.2 Å². The van der Waals surface area contributed by atoms with E-state index in [1.54, 1.807) is 43.3 Å². The van der Waals surface area contributed by atoms with Crippen molar-refractivity contribution in [3.8, 4) is 5.75 Å². The summed E-state index contributed by atoms with van der Waals surface area (Å²) in [5.41, 5.74) is 0.664. The Bertz CT molecular complexity index is 698. The number of carbonyl (C=O) groups is 1. The van der Waals surface area contributed by atoms with Gasteiger partial charge in [0.25, 0.3) is 0 Å². The molecular formula is C18H19F3N2O2. The molecule has 2 rings (SSSR count). The Morgan fingerprint density at radius 1 is 1.08 bits per heavy atom. The first kappa shape index (κ1) is 18.8. The van der Waals surface area contributed by atoms with Crippen molar-refractivity contribution in [3.63, 3.8) is 0 Å². The Balaban J connectivity index is 1.86. The minimum absolute atomic E-state index is 0.118. The van der Waals surface area contributed by atoms with Gasteiger partial charge in [0.1, 0.15) is 5.75 Å². The summed E-state index contributed by atoms with van der Waals surface area (Å²) in [6.45, 7) is 0.487. The van der Waals surface area contributed by atoms with E-state index in [1.165, 1.54) is 12.1 Å². The smallest absolute Gasteiger partial charge is 0.416 e. The predicted octanol–water partition coefficient (Wildman–Crippen LogP) is 3.78. The third-order valence-electron chi connectivity index (χ3n) is 3.52. The van der Waals surface area contributed by atoms with E-state index in [0.29, 0.717) is 23.5 Å². The lowest BCUT2D eigenvalue weighted by molar-refractivity contribution is -0.137. The summed E-state index contributed by atoms with van der Waals surface area (Å²) in [4.78, 5) is 13.7. The van der Waals surface area contributed by atoms with Gasteiger partial charge < -0.3 is 10.1 Å². The molecule has 0 aliphatic heterocycles. The molecule has 4 nitrogen and oxygen atoms in total. The molecule has 0 atom stereocenters. The monoisotopic (exact) mass is 352 g/mol. The molecule has 0 fully saturated rings. The average molecular weight is 352 g/mol. The van der Waals surface area contributed by atoms with Crippen molar-refractivity contribution in [2.24, 2.45) is 0 Å². The number of nitrogens with zero attached hydrogens (tertiary/aromatic N) is 1. The van der Waals surface area contributed by atoms with Crippen LogP contribution in [0.3, 0.4) is 0 Å². The lowest BCUT2D eigenvalue weighted by Gasteiger charge is -2.17. The maximum Gasteiger partial charge on any atom is 0.416 e. The standard InChI is InChI=1S/C18H19F3N2O2/c1-23(11-13-3-5-14(6-4-13)18(19,20)21)12-17(24)22-15-7-9-16(25-2)10-8-15/h3-10H,11-12H2,1-2H3,(H,22,24). The molecule has 0 heterocycles. The highest BCUT2D eigenvalue weighted by Gasteiger charge is 2.29. The maximum absolute atomic E-state index is 12.5. The van der Waals surface area contributed by atoms with E-state index in [9.17, 15) is 18.0 Å². The van der Waals surface area contributed by atoms with E-state index in [4.69, 9.17) is 4.74 Å². The summed E-state index contributed by atoms with van der Waals surface area (Å²) in [6, 6.07) is 11.9. The van der Waals surface area contributed by atoms with E-state index in [0.717, 1.165) is 12.1 Å². The molecule has 0 aliphatic carbocycles. The van der Waals surface area contributed by atoms with Crippen LogP contribution in [0.25, 0.3) is 0 Å². The van der Waals surface area contributed by atoms with Crippen LogP contribution >= 0.6 is 0 Å². The summed E-state index contributed by atoms with van der Waals surface area (Å²) in [5, 5.41) is 2.75. The second-order valence-corrected chi connectivity index (χ2v) is 5.64. The zero-order valence-corrected chi connectivity index (χ0v) is 13.9. The highest BCUT2D eigenvalue weighted by molar-refractivity contribution is 5.92. The Labute approximate surface area is 144 Å². The van der Waals surface area contributed by atoms with Gasteiger partial charge in [-0.05, 0) is 49.0 Å². The van der Waals surface area contributed by atoms with Crippen molar-refractivity contribution in [2.45, 2.75) is 12.7 Å². The fraction of sp³-hybridized carbons (Fsp3) is 0.278. The number of likely N-dealkylation sites (N-methyl/N-ethyl adjacent to an activating group) is 1. The number of carbonyl (C=O) groups excluding carboxylic acids is 1. The van der Waals surface area contributed by atoms with Gasteiger partial charge >= 0.3 is 6.18 Å². The molecule has 0 unspecified atom stereocenters. The molecule has 1 N–H and O–H groups in total. The number of ether oxygens (including phenoxy) is 1. The van der Waals surface area contributed by atoms with E-state index in [-0.39, 0.29) is 12.5 Å². The molecule has 25 heavy (non-hydrogen) atoms. The number of methoxy groups -OCH3 is 1. The van der Waals surface area contributed by atoms with Gasteiger partial charge in [0, 0.05) is 12.2 Å². The lowest BCUT2D eigenvalue weighted by Crippen LogP contribution is -2.29. The molecule has 0 aromatic heterocycles. The quantitative estimate of drug-likeness (QED) is 0.860. The van der Waals surface area contributed by atoms with Crippen molar-refractivity contribution in [1.82, 2.24) is 4.90 Å². The summed E-state index contributed by atoms with van der Waals surface area (Å²) in [6.07, 6.45) is -4.34. The Morgan fingerprint density at radius 3 is 2.20 bits per heavy atom.